The van der Waals surface area contributed by atoms with Crippen molar-refractivity contribution < 1.29 is 9.94 Å². The zero-order valence-electron chi connectivity index (χ0n) is 15.4. The van der Waals surface area contributed by atoms with Gasteiger partial charge in [0.15, 0.2) is 0 Å². The SMILES string of the molecule is CC.Cc1ccccc1.O/N=C/[C@@H]1CC(OCc2ccccc2)CN1. The molecule has 2 N–H and O–H groups in total. The van der Waals surface area contributed by atoms with Crippen LogP contribution in [0.1, 0.15) is 31.4 Å². The quantitative estimate of drug-likeness (QED) is 0.491. The molecule has 1 heterocycles. The summed E-state index contributed by atoms with van der Waals surface area (Å²) in [6.45, 7) is 7.53. The first-order valence-corrected chi connectivity index (χ1v) is 8.86. The second-order valence-corrected chi connectivity index (χ2v) is 5.59. The average Bonchev–Trinajstić information content (AvgIpc) is 3.12. The van der Waals surface area contributed by atoms with Crippen LogP contribution in [-0.4, -0.2) is 30.1 Å². The van der Waals surface area contributed by atoms with E-state index in [0.717, 1.165) is 13.0 Å². The standard InChI is InChI=1S/C12H16N2O2.C7H8.C2H6/c15-14-7-11-6-12(8-13-11)16-9-10-4-2-1-3-5-10;1-7-5-3-2-4-6-7;1-2/h1-5,7,11-13,15H,6,8-9H2;2-6H,1H3;1-2H3/b14-7+;;/t11-,12?;;/m0../s1. The van der Waals surface area contributed by atoms with Crippen LogP contribution in [0.3, 0.4) is 0 Å². The first-order chi connectivity index (χ1) is 12.3. The van der Waals surface area contributed by atoms with E-state index >= 15 is 0 Å². The van der Waals surface area contributed by atoms with Gasteiger partial charge >= 0.3 is 0 Å². The minimum Gasteiger partial charge on any atom is -0.411 e. The van der Waals surface area contributed by atoms with Gasteiger partial charge in [-0.3, -0.25) is 0 Å². The number of oxime groups is 1. The third-order valence-electron chi connectivity index (χ3n) is 3.64. The van der Waals surface area contributed by atoms with E-state index < -0.39 is 0 Å². The Bertz CT molecular complexity index is 573. The van der Waals surface area contributed by atoms with Crippen LogP contribution in [-0.2, 0) is 11.3 Å². The van der Waals surface area contributed by atoms with Gasteiger partial charge in [0.25, 0.3) is 0 Å². The Morgan fingerprint density at radius 3 is 2.20 bits per heavy atom. The largest absolute Gasteiger partial charge is 0.411 e. The van der Waals surface area contributed by atoms with E-state index in [2.05, 4.69) is 41.7 Å². The Morgan fingerprint density at radius 1 is 1.08 bits per heavy atom. The van der Waals surface area contributed by atoms with E-state index in [1.165, 1.54) is 17.3 Å². The second kappa shape index (κ2) is 13.2. The molecule has 4 nitrogen and oxygen atoms in total. The molecule has 1 aliphatic heterocycles. The highest BCUT2D eigenvalue weighted by Gasteiger charge is 2.23. The third kappa shape index (κ3) is 9.03. The van der Waals surface area contributed by atoms with Crippen LogP contribution in [0.2, 0.25) is 0 Å². The number of hydrogen-bond donors (Lipinski definition) is 2. The van der Waals surface area contributed by atoms with Gasteiger partial charge in [-0.2, -0.15) is 0 Å². The summed E-state index contributed by atoms with van der Waals surface area (Å²) in [4.78, 5) is 0. The highest BCUT2D eigenvalue weighted by molar-refractivity contribution is 5.64. The van der Waals surface area contributed by atoms with Gasteiger partial charge in [0.1, 0.15) is 0 Å². The normalized spacial score (nSPS) is 18.8. The molecule has 1 saturated heterocycles. The number of ether oxygens (including phenoxy) is 1. The summed E-state index contributed by atoms with van der Waals surface area (Å²) < 4.78 is 5.76. The lowest BCUT2D eigenvalue weighted by Gasteiger charge is -2.10. The molecule has 0 saturated carbocycles. The predicted molar refractivity (Wildman–Crippen MR) is 104 cm³/mol. The molecule has 0 spiro atoms. The molecule has 136 valence electrons. The molecule has 4 heteroatoms. The second-order valence-electron chi connectivity index (χ2n) is 5.59. The molecule has 1 fully saturated rings. The van der Waals surface area contributed by atoms with Crippen molar-refractivity contribution in [3.63, 3.8) is 0 Å². The summed E-state index contributed by atoms with van der Waals surface area (Å²) in [5.74, 6) is 0. The van der Waals surface area contributed by atoms with E-state index in [1.54, 1.807) is 0 Å². The number of nitrogens with zero attached hydrogens (tertiary/aromatic N) is 1. The smallest absolute Gasteiger partial charge is 0.0722 e. The van der Waals surface area contributed by atoms with Crippen molar-refractivity contribution in [1.29, 1.82) is 0 Å². The predicted octanol–water partition coefficient (Wildman–Crippen LogP) is 4.41. The summed E-state index contributed by atoms with van der Waals surface area (Å²) in [7, 11) is 0. The summed E-state index contributed by atoms with van der Waals surface area (Å²) in [6.07, 6.45) is 2.56. The lowest BCUT2D eigenvalue weighted by molar-refractivity contribution is 0.0535. The van der Waals surface area contributed by atoms with Gasteiger partial charge in [-0.05, 0) is 18.9 Å². The molecular weight excluding hydrogens is 312 g/mol. The van der Waals surface area contributed by atoms with Crippen LogP contribution in [0.15, 0.2) is 65.8 Å². The van der Waals surface area contributed by atoms with Crippen molar-refractivity contribution in [1.82, 2.24) is 5.32 Å². The fourth-order valence-corrected chi connectivity index (χ4v) is 2.38. The van der Waals surface area contributed by atoms with Crippen LogP contribution >= 0.6 is 0 Å². The van der Waals surface area contributed by atoms with Crippen LogP contribution in [0, 0.1) is 6.92 Å². The van der Waals surface area contributed by atoms with Crippen LogP contribution in [0.5, 0.6) is 0 Å². The molecule has 0 aromatic heterocycles. The zero-order chi connectivity index (χ0) is 18.3. The summed E-state index contributed by atoms with van der Waals surface area (Å²) in [5.41, 5.74) is 2.50. The fourth-order valence-electron chi connectivity index (χ4n) is 2.38. The Balaban J connectivity index is 0.000000290. The lowest BCUT2D eigenvalue weighted by Crippen LogP contribution is -2.22. The number of hydrogen-bond acceptors (Lipinski definition) is 4. The van der Waals surface area contributed by atoms with Crippen LogP contribution in [0.4, 0.5) is 0 Å². The van der Waals surface area contributed by atoms with Gasteiger partial charge in [-0.25, -0.2) is 0 Å². The maximum atomic E-state index is 8.41. The Labute approximate surface area is 151 Å². The molecule has 2 aromatic carbocycles. The van der Waals surface area contributed by atoms with Crippen molar-refractivity contribution in [2.75, 3.05) is 6.54 Å². The minimum absolute atomic E-state index is 0.130. The monoisotopic (exact) mass is 342 g/mol. The third-order valence-corrected chi connectivity index (χ3v) is 3.64. The topological polar surface area (TPSA) is 53.9 Å². The molecule has 1 aliphatic rings. The van der Waals surface area contributed by atoms with E-state index in [9.17, 15) is 0 Å². The van der Waals surface area contributed by atoms with Crippen molar-refractivity contribution in [2.24, 2.45) is 5.16 Å². The fraction of sp³-hybridized carbons (Fsp3) is 0.381. The molecule has 25 heavy (non-hydrogen) atoms. The van der Waals surface area contributed by atoms with E-state index in [1.807, 2.05) is 50.2 Å². The van der Waals surface area contributed by atoms with E-state index in [-0.39, 0.29) is 12.1 Å². The molecule has 0 bridgehead atoms. The molecule has 2 aromatic rings. The number of rotatable bonds is 4. The van der Waals surface area contributed by atoms with E-state index in [4.69, 9.17) is 9.94 Å². The van der Waals surface area contributed by atoms with Gasteiger partial charge in [-0.1, -0.05) is 80.1 Å². The maximum Gasteiger partial charge on any atom is 0.0722 e. The molecule has 2 atom stereocenters. The molecular formula is C21H30N2O2. The summed E-state index contributed by atoms with van der Waals surface area (Å²) in [6, 6.07) is 20.5. The molecule has 0 aliphatic carbocycles. The van der Waals surface area contributed by atoms with Gasteiger partial charge in [0.2, 0.25) is 0 Å². The lowest BCUT2D eigenvalue weighted by atomic mass is 10.2. The minimum atomic E-state index is 0.130. The molecule has 1 unspecified atom stereocenters. The number of aryl methyl sites for hydroxylation is 1. The number of nitrogens with one attached hydrogen (secondary N) is 1. The molecule has 3 rings (SSSR count). The maximum absolute atomic E-state index is 8.41. The number of benzene rings is 2. The van der Waals surface area contributed by atoms with Crippen molar-refractivity contribution in [3.05, 3.63) is 71.8 Å². The summed E-state index contributed by atoms with van der Waals surface area (Å²) in [5, 5.41) is 14.6. The van der Waals surface area contributed by atoms with Crippen molar-refractivity contribution in [3.8, 4) is 0 Å². The Morgan fingerprint density at radius 2 is 1.68 bits per heavy atom. The average molecular weight is 342 g/mol. The van der Waals surface area contributed by atoms with Gasteiger partial charge in [0.05, 0.1) is 18.9 Å². The van der Waals surface area contributed by atoms with Crippen LogP contribution in [0.25, 0.3) is 0 Å². The molecule has 0 amide bonds. The highest BCUT2D eigenvalue weighted by Crippen LogP contribution is 2.11. The van der Waals surface area contributed by atoms with Crippen molar-refractivity contribution >= 4 is 6.21 Å². The van der Waals surface area contributed by atoms with Crippen molar-refractivity contribution in [2.45, 2.75) is 45.9 Å². The van der Waals surface area contributed by atoms with Gasteiger partial charge < -0.3 is 15.3 Å². The first kappa shape index (κ1) is 20.9. The van der Waals surface area contributed by atoms with Gasteiger partial charge in [0, 0.05) is 12.6 Å². The Kier molecular flexibility index (Phi) is 11.0. The summed E-state index contributed by atoms with van der Waals surface area (Å²) >= 11 is 0. The Hall–Kier alpha value is -2.17. The molecule has 0 radical (unpaired) electrons. The zero-order valence-corrected chi connectivity index (χ0v) is 15.4. The van der Waals surface area contributed by atoms with E-state index in [0.29, 0.717) is 6.61 Å². The van der Waals surface area contributed by atoms with Crippen LogP contribution < -0.4 is 5.32 Å². The highest BCUT2D eigenvalue weighted by atomic mass is 16.5. The first-order valence-electron chi connectivity index (χ1n) is 8.86. The van der Waals surface area contributed by atoms with Gasteiger partial charge in [-0.15, -0.1) is 5.16 Å².